The third-order valence-corrected chi connectivity index (χ3v) is 6.43. The van der Waals surface area contributed by atoms with E-state index in [9.17, 15) is 14.9 Å². The molecule has 0 radical (unpaired) electrons. The summed E-state index contributed by atoms with van der Waals surface area (Å²) in [4.78, 5) is 26.0. The summed E-state index contributed by atoms with van der Waals surface area (Å²) in [6.07, 6.45) is 3.62. The molecule has 5 rings (SSSR count). The van der Waals surface area contributed by atoms with Gasteiger partial charge in [-0.3, -0.25) is 4.79 Å². The Morgan fingerprint density at radius 1 is 1.09 bits per heavy atom. The molecule has 1 N–H and O–H groups in total. The third-order valence-electron chi connectivity index (χ3n) is 5.35. The Kier molecular flexibility index (Phi) is 6.28. The Balaban J connectivity index is 1.22. The van der Waals surface area contributed by atoms with Crippen molar-refractivity contribution in [3.8, 4) is 17.6 Å². The number of nitrogens with zero attached hydrogens (tertiary/aromatic N) is 2. The number of ether oxygens (including phenoxy) is 3. The van der Waals surface area contributed by atoms with Crippen LogP contribution in [0.5, 0.6) is 11.5 Å². The zero-order chi connectivity index (χ0) is 24.2. The van der Waals surface area contributed by atoms with E-state index in [-0.39, 0.29) is 25.1 Å². The number of nitriles is 1. The normalized spacial score (nSPS) is 11.7. The highest BCUT2D eigenvalue weighted by Gasteiger charge is 2.18. The predicted octanol–water partition coefficient (Wildman–Crippen LogP) is 4.63. The maximum Gasteiger partial charge on any atom is 0.339 e. The maximum atomic E-state index is 12.8. The highest BCUT2D eigenvalue weighted by molar-refractivity contribution is 8.00. The van der Waals surface area contributed by atoms with Crippen LogP contribution < -0.4 is 14.8 Å². The molecular formula is C26H19N3O5S. The van der Waals surface area contributed by atoms with Crippen molar-refractivity contribution in [1.82, 2.24) is 4.40 Å². The summed E-state index contributed by atoms with van der Waals surface area (Å²) in [5, 5.41) is 12.4. The van der Waals surface area contributed by atoms with Gasteiger partial charge >= 0.3 is 5.97 Å². The molecule has 0 saturated carbocycles. The Hall–Kier alpha value is -4.42. The molecule has 0 fully saturated rings. The minimum Gasteiger partial charge on any atom is -0.457 e. The van der Waals surface area contributed by atoms with Crippen LogP contribution in [0.2, 0.25) is 0 Å². The summed E-state index contributed by atoms with van der Waals surface area (Å²) in [5.41, 5.74) is 2.81. The van der Waals surface area contributed by atoms with Crippen LogP contribution >= 0.6 is 11.8 Å². The second kappa shape index (κ2) is 9.83. The van der Waals surface area contributed by atoms with Crippen LogP contribution in [0.25, 0.3) is 5.52 Å². The molecule has 3 heterocycles. The van der Waals surface area contributed by atoms with E-state index < -0.39 is 5.97 Å². The first kappa shape index (κ1) is 22.4. The number of anilines is 1. The molecule has 0 aliphatic carbocycles. The first-order valence-electron chi connectivity index (χ1n) is 10.7. The summed E-state index contributed by atoms with van der Waals surface area (Å²) in [6.45, 7) is 0.126. The average molecular weight is 486 g/mol. The van der Waals surface area contributed by atoms with Crippen molar-refractivity contribution in [3.05, 3.63) is 89.7 Å². The van der Waals surface area contributed by atoms with Gasteiger partial charge < -0.3 is 23.9 Å². The first-order valence-corrected chi connectivity index (χ1v) is 11.7. The van der Waals surface area contributed by atoms with Gasteiger partial charge in [0.2, 0.25) is 12.7 Å². The van der Waals surface area contributed by atoms with E-state index in [1.165, 1.54) is 11.8 Å². The monoisotopic (exact) mass is 485 g/mol. The van der Waals surface area contributed by atoms with Crippen LogP contribution in [0, 0.1) is 11.3 Å². The molecule has 174 valence electrons. The lowest BCUT2D eigenvalue weighted by atomic mass is 10.2. The summed E-state index contributed by atoms with van der Waals surface area (Å²) < 4.78 is 18.0. The van der Waals surface area contributed by atoms with Crippen LogP contribution in [0.3, 0.4) is 0 Å². The Bertz CT molecular complexity index is 1470. The fourth-order valence-corrected chi connectivity index (χ4v) is 4.55. The lowest BCUT2D eigenvalue weighted by Crippen LogP contribution is -2.14. The molecule has 2 aromatic carbocycles. The highest BCUT2D eigenvalue weighted by atomic mass is 32.2. The van der Waals surface area contributed by atoms with Gasteiger partial charge in [-0.2, -0.15) is 5.26 Å². The number of aromatic nitrogens is 1. The van der Waals surface area contributed by atoms with Crippen LogP contribution in [0.4, 0.5) is 5.69 Å². The van der Waals surface area contributed by atoms with Crippen molar-refractivity contribution < 1.29 is 23.8 Å². The topological polar surface area (TPSA) is 102 Å². The third kappa shape index (κ3) is 4.78. The number of hydrogen-bond acceptors (Lipinski definition) is 7. The van der Waals surface area contributed by atoms with Gasteiger partial charge in [-0.1, -0.05) is 18.2 Å². The van der Waals surface area contributed by atoms with Gasteiger partial charge in [0.05, 0.1) is 22.4 Å². The van der Waals surface area contributed by atoms with E-state index in [4.69, 9.17) is 14.2 Å². The lowest BCUT2D eigenvalue weighted by molar-refractivity contribution is -0.113. The van der Waals surface area contributed by atoms with Crippen LogP contribution in [0.15, 0.2) is 78.0 Å². The molecule has 1 amide bonds. The largest absolute Gasteiger partial charge is 0.457 e. The quantitative estimate of drug-likeness (QED) is 0.301. The van der Waals surface area contributed by atoms with E-state index in [1.807, 2.05) is 28.8 Å². The van der Waals surface area contributed by atoms with Gasteiger partial charge in [-0.15, -0.1) is 11.8 Å². The second-order valence-corrected chi connectivity index (χ2v) is 8.63. The van der Waals surface area contributed by atoms with Crippen molar-refractivity contribution in [3.63, 3.8) is 0 Å². The van der Waals surface area contributed by atoms with Crippen molar-refractivity contribution in [2.45, 2.75) is 11.5 Å². The maximum absolute atomic E-state index is 12.8. The number of esters is 1. The zero-order valence-corrected chi connectivity index (χ0v) is 19.2. The highest BCUT2D eigenvalue weighted by Crippen LogP contribution is 2.34. The summed E-state index contributed by atoms with van der Waals surface area (Å²) in [6, 6.07) is 19.9. The number of rotatable bonds is 7. The van der Waals surface area contributed by atoms with Crippen molar-refractivity contribution in [2.24, 2.45) is 0 Å². The van der Waals surface area contributed by atoms with Crippen LogP contribution in [0.1, 0.15) is 21.5 Å². The van der Waals surface area contributed by atoms with Crippen LogP contribution in [-0.4, -0.2) is 28.8 Å². The number of fused-ring (bicyclic) bond motifs is 2. The number of pyridine rings is 1. The number of nitrogens with one attached hydrogen (secondary N) is 1. The van der Waals surface area contributed by atoms with Crippen molar-refractivity contribution in [2.75, 3.05) is 17.9 Å². The zero-order valence-electron chi connectivity index (χ0n) is 18.4. The second-order valence-electron chi connectivity index (χ2n) is 7.61. The van der Waals surface area contributed by atoms with E-state index in [1.54, 1.807) is 48.7 Å². The number of thioether (sulfide) groups is 1. The molecule has 0 bridgehead atoms. The number of carbonyl (C=O) groups excluding carboxylic acids is 2. The van der Waals surface area contributed by atoms with Gasteiger partial charge in [0.25, 0.3) is 0 Å². The Morgan fingerprint density at radius 2 is 1.91 bits per heavy atom. The molecule has 4 aromatic rings. The molecule has 0 atom stereocenters. The van der Waals surface area contributed by atoms with Crippen molar-refractivity contribution in [1.29, 1.82) is 5.26 Å². The lowest BCUT2D eigenvalue weighted by Gasteiger charge is -2.10. The molecule has 2 aromatic heterocycles. The molecule has 1 aliphatic heterocycles. The summed E-state index contributed by atoms with van der Waals surface area (Å²) in [7, 11) is 0. The van der Waals surface area contributed by atoms with Gasteiger partial charge in [-0.05, 0) is 36.4 Å². The van der Waals surface area contributed by atoms with E-state index in [0.717, 1.165) is 5.52 Å². The fourth-order valence-electron chi connectivity index (χ4n) is 3.71. The molecule has 8 nitrogen and oxygen atoms in total. The number of amides is 1. The predicted molar refractivity (Wildman–Crippen MR) is 130 cm³/mol. The van der Waals surface area contributed by atoms with Gasteiger partial charge in [0.1, 0.15) is 12.7 Å². The minimum absolute atomic E-state index is 0.0347. The van der Waals surface area contributed by atoms with E-state index >= 15 is 0 Å². The number of benzene rings is 2. The number of carbonyl (C=O) groups is 2. The fraction of sp³-hybridized carbons (Fsp3) is 0.115. The van der Waals surface area contributed by atoms with E-state index in [0.29, 0.717) is 38.8 Å². The average Bonchev–Trinajstić information content (AvgIpc) is 3.49. The molecule has 9 heteroatoms. The molecular weight excluding hydrogens is 466 g/mol. The Labute approximate surface area is 205 Å². The Morgan fingerprint density at radius 3 is 2.80 bits per heavy atom. The molecule has 0 spiro atoms. The summed E-state index contributed by atoms with van der Waals surface area (Å²) in [5.74, 6) is 0.571. The first-order chi connectivity index (χ1) is 17.1. The molecule has 0 saturated heterocycles. The smallest absolute Gasteiger partial charge is 0.339 e. The van der Waals surface area contributed by atoms with E-state index in [2.05, 4.69) is 11.4 Å². The van der Waals surface area contributed by atoms with Crippen molar-refractivity contribution >= 4 is 34.8 Å². The van der Waals surface area contributed by atoms with Gasteiger partial charge in [0, 0.05) is 34.6 Å². The van der Waals surface area contributed by atoms with Gasteiger partial charge in [0.15, 0.2) is 11.5 Å². The minimum atomic E-state index is -0.525. The number of hydrogen-bond donors (Lipinski definition) is 1. The van der Waals surface area contributed by atoms with Crippen LogP contribution in [-0.2, 0) is 16.1 Å². The van der Waals surface area contributed by atoms with Gasteiger partial charge in [-0.25, -0.2) is 4.79 Å². The molecule has 0 unspecified atom stereocenters. The molecule has 1 aliphatic rings. The standard InChI is InChI=1S/C26H19N3O5S/c27-12-20-17(13-29-10-4-3-6-21(20)29)14-32-26(31)19-5-1-2-7-24(19)35-15-25(30)28-18-8-9-22-23(11-18)34-16-33-22/h1-11,13H,14-16H2,(H,28,30). The molecule has 35 heavy (non-hydrogen) atoms. The summed E-state index contributed by atoms with van der Waals surface area (Å²) >= 11 is 1.24. The SMILES string of the molecule is N#Cc1c(COC(=O)c2ccccc2SCC(=O)Nc2ccc3c(c2)OCO3)cn2ccccc12.